The van der Waals surface area contributed by atoms with Gasteiger partial charge in [-0.25, -0.2) is 0 Å². The van der Waals surface area contributed by atoms with Crippen molar-refractivity contribution in [2.45, 2.75) is 0 Å². The molecule has 0 fully saturated rings. The van der Waals surface area contributed by atoms with Crippen LogP contribution in [-0.2, 0) is 4.57 Å². The van der Waals surface area contributed by atoms with Gasteiger partial charge >= 0.3 is 8.69 Å². The van der Waals surface area contributed by atoms with Crippen molar-refractivity contribution < 1.29 is 14.2 Å². The van der Waals surface area contributed by atoms with Gasteiger partial charge in [0, 0.05) is 0 Å². The van der Waals surface area contributed by atoms with Crippen molar-refractivity contribution in [2.24, 2.45) is 0 Å². The average molecular weight is 199 g/mol. The van der Waals surface area contributed by atoms with Crippen LogP contribution in [0, 0.1) is 0 Å². The standard InChI is InChI=1S/C9H10O.HO2P/c1-2-8-10-9-6-4-3-5-7-9;1-3-2/h2-7H,1,8H2;3H/p+1. The van der Waals surface area contributed by atoms with E-state index in [1.54, 1.807) is 6.08 Å². The van der Waals surface area contributed by atoms with Gasteiger partial charge in [-0.1, -0.05) is 30.9 Å². The lowest BCUT2D eigenvalue weighted by Gasteiger charge is -1.99. The molecule has 0 bridgehead atoms. The van der Waals surface area contributed by atoms with Gasteiger partial charge in [0.15, 0.2) is 0 Å². The Morgan fingerprint density at radius 1 is 1.46 bits per heavy atom. The maximum atomic E-state index is 8.51. The van der Waals surface area contributed by atoms with Crippen molar-refractivity contribution >= 4 is 8.69 Å². The Hall–Kier alpha value is -1.18. The lowest BCUT2D eigenvalue weighted by molar-refractivity contribution is 0.363. The molecule has 1 unspecified atom stereocenters. The van der Waals surface area contributed by atoms with Crippen LogP contribution < -0.4 is 4.74 Å². The maximum Gasteiger partial charge on any atom is 0.491 e. The summed E-state index contributed by atoms with van der Waals surface area (Å²) in [6.45, 7) is 4.12. The largest absolute Gasteiger partial charge is 0.491 e. The maximum absolute atomic E-state index is 8.51. The minimum atomic E-state index is -1.17. The highest BCUT2D eigenvalue weighted by Gasteiger charge is 1.84. The Balaban J connectivity index is 0.000000424. The van der Waals surface area contributed by atoms with Crippen molar-refractivity contribution in [1.29, 1.82) is 0 Å². The summed E-state index contributed by atoms with van der Waals surface area (Å²) in [6, 6.07) is 9.69. The first-order chi connectivity index (χ1) is 6.35. The summed E-state index contributed by atoms with van der Waals surface area (Å²) >= 11 is 0. The third-order valence-corrected chi connectivity index (χ3v) is 1.11. The van der Waals surface area contributed by atoms with Crippen LogP contribution >= 0.6 is 8.69 Å². The van der Waals surface area contributed by atoms with E-state index in [0.717, 1.165) is 5.75 Å². The first-order valence-corrected chi connectivity index (χ1v) is 4.50. The van der Waals surface area contributed by atoms with Crippen LogP contribution in [0.1, 0.15) is 0 Å². The molecule has 1 aromatic rings. The van der Waals surface area contributed by atoms with E-state index in [4.69, 9.17) is 14.2 Å². The summed E-state index contributed by atoms with van der Waals surface area (Å²) in [7, 11) is -1.17. The lowest BCUT2D eigenvalue weighted by atomic mass is 10.3. The fourth-order valence-corrected chi connectivity index (χ4v) is 0.672. The first kappa shape index (κ1) is 11.8. The molecular weight excluding hydrogens is 187 g/mol. The normalized spacial score (nSPS) is 8.38. The third kappa shape index (κ3) is 7.19. The zero-order valence-electron chi connectivity index (χ0n) is 7.14. The van der Waals surface area contributed by atoms with E-state index in [9.17, 15) is 0 Å². The minimum absolute atomic E-state index is 0.573. The second kappa shape index (κ2) is 8.91. The van der Waals surface area contributed by atoms with Crippen LogP contribution in [0.2, 0.25) is 0 Å². The Morgan fingerprint density at radius 2 is 2.00 bits per heavy atom. The van der Waals surface area contributed by atoms with Crippen molar-refractivity contribution in [1.82, 2.24) is 0 Å². The van der Waals surface area contributed by atoms with E-state index >= 15 is 0 Å². The fraction of sp³-hybridized carbons (Fsp3) is 0.111. The van der Waals surface area contributed by atoms with Gasteiger partial charge in [0.2, 0.25) is 0 Å². The summed E-state index contributed by atoms with van der Waals surface area (Å²) in [5.74, 6) is 0.891. The molecule has 0 heterocycles. The molecule has 0 aromatic heterocycles. The van der Waals surface area contributed by atoms with Crippen molar-refractivity contribution in [3.8, 4) is 5.75 Å². The van der Waals surface area contributed by atoms with Crippen LogP contribution in [0.15, 0.2) is 43.0 Å². The van der Waals surface area contributed by atoms with Crippen LogP contribution in [0.5, 0.6) is 5.75 Å². The van der Waals surface area contributed by atoms with E-state index in [1.807, 2.05) is 30.3 Å². The molecule has 0 aliphatic carbocycles. The van der Waals surface area contributed by atoms with Gasteiger partial charge in [0.1, 0.15) is 12.4 Å². The van der Waals surface area contributed by atoms with Gasteiger partial charge in [-0.3, -0.25) is 0 Å². The molecule has 1 aromatic carbocycles. The molecule has 4 heteroatoms. The predicted molar refractivity (Wildman–Crippen MR) is 53.4 cm³/mol. The molecule has 1 N–H and O–H groups in total. The molecule has 70 valence electrons. The molecule has 0 saturated heterocycles. The Morgan fingerprint density at radius 3 is 2.46 bits per heavy atom. The number of benzene rings is 1. The average Bonchev–Trinajstić information content (AvgIpc) is 2.18. The molecular formula is C9H12O3P+. The second-order valence-electron chi connectivity index (χ2n) is 2.00. The van der Waals surface area contributed by atoms with Crippen LogP contribution in [0.4, 0.5) is 0 Å². The highest BCUT2D eigenvalue weighted by Crippen LogP contribution is 2.07. The van der Waals surface area contributed by atoms with E-state index in [1.165, 1.54) is 0 Å². The zero-order valence-corrected chi connectivity index (χ0v) is 8.14. The van der Waals surface area contributed by atoms with E-state index in [2.05, 4.69) is 6.58 Å². The predicted octanol–water partition coefficient (Wildman–Crippen LogP) is 2.17. The highest BCUT2D eigenvalue weighted by atomic mass is 31.1. The van der Waals surface area contributed by atoms with Crippen molar-refractivity contribution in [2.75, 3.05) is 6.61 Å². The second-order valence-corrected chi connectivity index (χ2v) is 2.19. The molecule has 0 radical (unpaired) electrons. The number of ether oxygens (including phenoxy) is 1. The molecule has 0 aliphatic rings. The third-order valence-electron chi connectivity index (χ3n) is 1.11. The Bertz CT molecular complexity index is 236. The molecule has 13 heavy (non-hydrogen) atoms. The molecule has 1 rings (SSSR count). The molecule has 0 amide bonds. The van der Waals surface area contributed by atoms with Gasteiger partial charge in [0.05, 0.1) is 0 Å². The van der Waals surface area contributed by atoms with E-state index in [-0.39, 0.29) is 0 Å². The van der Waals surface area contributed by atoms with Crippen molar-refractivity contribution in [3.05, 3.63) is 43.0 Å². The number of rotatable bonds is 3. The smallest absolute Gasteiger partial charge is 0.490 e. The van der Waals surface area contributed by atoms with E-state index in [0.29, 0.717) is 6.61 Å². The summed E-state index contributed by atoms with van der Waals surface area (Å²) in [5, 5.41) is 0. The molecule has 1 atom stereocenters. The lowest BCUT2D eigenvalue weighted by Crippen LogP contribution is -1.91. The molecule has 0 saturated carbocycles. The van der Waals surface area contributed by atoms with Gasteiger partial charge in [-0.2, -0.15) is 4.89 Å². The zero-order chi connectivity index (χ0) is 9.94. The number of hydrogen-bond donors (Lipinski definition) is 1. The molecule has 0 spiro atoms. The summed E-state index contributed by atoms with van der Waals surface area (Å²) in [6.07, 6.45) is 1.73. The summed E-state index contributed by atoms with van der Waals surface area (Å²) < 4.78 is 13.8. The van der Waals surface area contributed by atoms with Gasteiger partial charge in [0.25, 0.3) is 0 Å². The number of para-hydroxylation sites is 1. The fourth-order valence-electron chi connectivity index (χ4n) is 0.672. The van der Waals surface area contributed by atoms with Crippen LogP contribution in [0.3, 0.4) is 0 Å². The number of hydrogen-bond acceptors (Lipinski definition) is 2. The van der Waals surface area contributed by atoms with E-state index < -0.39 is 8.69 Å². The minimum Gasteiger partial charge on any atom is -0.490 e. The molecule has 0 aliphatic heterocycles. The quantitative estimate of drug-likeness (QED) is 0.599. The summed E-state index contributed by atoms with van der Waals surface area (Å²) in [4.78, 5) is 7.04. The van der Waals surface area contributed by atoms with Crippen LogP contribution in [-0.4, -0.2) is 11.5 Å². The van der Waals surface area contributed by atoms with Gasteiger partial charge < -0.3 is 4.74 Å². The van der Waals surface area contributed by atoms with Gasteiger partial charge in [-0.15, -0.1) is 0 Å². The Labute approximate surface area is 79.0 Å². The topological polar surface area (TPSA) is 46.5 Å². The SMILES string of the molecule is C=CCOc1ccccc1.O=[PH+]O. The summed E-state index contributed by atoms with van der Waals surface area (Å²) in [5.41, 5.74) is 0. The van der Waals surface area contributed by atoms with Crippen LogP contribution in [0.25, 0.3) is 0 Å². The van der Waals surface area contributed by atoms with Gasteiger partial charge in [-0.05, 0) is 16.7 Å². The highest BCUT2D eigenvalue weighted by molar-refractivity contribution is 7.16. The molecule has 3 nitrogen and oxygen atoms in total. The monoisotopic (exact) mass is 199 g/mol. The Kier molecular flexibility index (Phi) is 8.10. The van der Waals surface area contributed by atoms with Crippen molar-refractivity contribution in [3.63, 3.8) is 0 Å². The first-order valence-electron chi connectivity index (χ1n) is 3.65.